The summed E-state index contributed by atoms with van der Waals surface area (Å²) >= 11 is 0. The molecule has 0 spiro atoms. The first-order chi connectivity index (χ1) is 18.2. The van der Waals surface area contributed by atoms with Crippen molar-refractivity contribution < 1.29 is 34.8 Å². The lowest BCUT2D eigenvalue weighted by molar-refractivity contribution is -0.136. The molecule has 0 saturated carbocycles. The van der Waals surface area contributed by atoms with E-state index in [9.17, 15) is 44.4 Å². The van der Waals surface area contributed by atoms with E-state index in [0.29, 0.717) is 0 Å². The average Bonchev–Trinajstić information content (AvgIpc) is 2.88. The molecule has 7 N–H and O–H groups in total. The van der Waals surface area contributed by atoms with Gasteiger partial charge in [-0.25, -0.2) is 0 Å². The number of carbonyl (C=O) groups is 3. The van der Waals surface area contributed by atoms with Crippen LogP contribution < -0.4 is 21.9 Å². The number of rotatable bonds is 7. The Balaban J connectivity index is 1.87. The fraction of sp³-hybridized carbons (Fsp3) is 0.370. The van der Waals surface area contributed by atoms with Crippen LogP contribution >= 0.6 is 0 Å². The van der Waals surface area contributed by atoms with Gasteiger partial charge in [0.05, 0.1) is 22.9 Å². The number of allylic oxidation sites excluding steroid dienone is 1. The van der Waals surface area contributed by atoms with Crippen molar-refractivity contribution in [1.82, 2.24) is 4.90 Å². The van der Waals surface area contributed by atoms with E-state index in [2.05, 4.69) is 5.32 Å². The van der Waals surface area contributed by atoms with E-state index in [1.165, 1.54) is 31.0 Å². The lowest BCUT2D eigenvalue weighted by Gasteiger charge is -2.39. The molecule has 0 bridgehead atoms. The minimum absolute atomic E-state index is 0.0112. The van der Waals surface area contributed by atoms with Crippen LogP contribution in [0.2, 0.25) is 0 Å². The molecular formula is C27H29N3O9. The van der Waals surface area contributed by atoms with E-state index in [0.717, 1.165) is 0 Å². The van der Waals surface area contributed by atoms with Crippen LogP contribution in [-0.2, 0) is 16.0 Å². The van der Waals surface area contributed by atoms with Gasteiger partial charge in [0.1, 0.15) is 22.8 Å². The highest BCUT2D eigenvalue weighted by Gasteiger charge is 2.52. The van der Waals surface area contributed by atoms with E-state index in [-0.39, 0.29) is 46.4 Å². The van der Waals surface area contributed by atoms with E-state index in [4.69, 9.17) is 5.73 Å². The lowest BCUT2D eigenvalue weighted by Crippen LogP contribution is -2.50. The fourth-order valence-electron chi connectivity index (χ4n) is 5.40. The van der Waals surface area contributed by atoms with Crippen molar-refractivity contribution in [2.45, 2.75) is 37.8 Å². The number of ketones is 2. The van der Waals surface area contributed by atoms with Crippen LogP contribution in [0.4, 0.5) is 5.69 Å². The first kappa shape index (κ1) is 27.7. The number of benzene rings is 1. The zero-order valence-electron chi connectivity index (χ0n) is 21.8. The summed E-state index contributed by atoms with van der Waals surface area (Å²) in [6, 6.07) is 1.76. The number of Topliss-reactive ketones (excluding diaryl/α,β-unsaturated/α-hetero) is 2. The number of hydrogen-bond acceptors (Lipinski definition) is 11. The van der Waals surface area contributed by atoms with Crippen LogP contribution in [0.15, 0.2) is 44.4 Å². The van der Waals surface area contributed by atoms with Gasteiger partial charge in [-0.1, -0.05) is 6.07 Å². The van der Waals surface area contributed by atoms with Gasteiger partial charge in [-0.05, 0) is 63.4 Å². The number of nitrogens with two attached hydrogens (primary N) is 1. The molecule has 1 amide bonds. The number of fused-ring (bicyclic) bond motifs is 2. The van der Waals surface area contributed by atoms with E-state index < -0.39 is 75.2 Å². The monoisotopic (exact) mass is 539 g/mol. The smallest absolute Gasteiger partial charge is 0.255 e. The first-order valence-electron chi connectivity index (χ1n) is 12.2. The molecule has 0 radical (unpaired) electrons. The number of phenols is 1. The Bertz CT molecular complexity index is 1580. The van der Waals surface area contributed by atoms with Crippen molar-refractivity contribution in [3.8, 4) is 16.9 Å². The number of aliphatic hydroxyl groups excluding tert-OH is 2. The van der Waals surface area contributed by atoms with Crippen LogP contribution in [0, 0.1) is 5.92 Å². The molecule has 2 aliphatic carbocycles. The second-order valence-corrected chi connectivity index (χ2v) is 10.1. The zero-order valence-corrected chi connectivity index (χ0v) is 21.8. The standard InChI is InChI=1S/C27H29N3O9/c1-10(30(3)4)20(32)18(26(28)38)25(37)27(39)8-7-11-9-13-12(17-19(29-2)23(35)22(17)34)5-6-14(31)16(13)21(33)15(11)24(27)36/h5-6,10-11,29,31-32,36,39H,7-9H2,1-4H3,(H2,28,38)/b20-18-/t10-,11+,27-/m0/s1. The van der Waals surface area contributed by atoms with Crippen molar-refractivity contribution in [3.05, 3.63) is 66.4 Å². The molecule has 0 heterocycles. The number of nitrogens with one attached hydrogen (secondary N) is 1. The minimum Gasteiger partial charge on any atom is -0.510 e. The summed E-state index contributed by atoms with van der Waals surface area (Å²) in [5.74, 6) is -6.46. The molecule has 0 saturated heterocycles. The van der Waals surface area contributed by atoms with Gasteiger partial charge in [0.2, 0.25) is 16.6 Å². The third-order valence-corrected chi connectivity index (χ3v) is 7.83. The van der Waals surface area contributed by atoms with Crippen LogP contribution in [0.25, 0.3) is 11.1 Å². The molecule has 0 aromatic heterocycles. The van der Waals surface area contributed by atoms with Crippen molar-refractivity contribution in [2.75, 3.05) is 26.5 Å². The highest BCUT2D eigenvalue weighted by molar-refractivity contribution is 6.24. The van der Waals surface area contributed by atoms with Gasteiger partial charge >= 0.3 is 0 Å². The summed E-state index contributed by atoms with van der Waals surface area (Å²) in [6.45, 7) is 1.49. The maximum absolute atomic E-state index is 13.7. The maximum Gasteiger partial charge on any atom is 0.255 e. The van der Waals surface area contributed by atoms with Crippen LogP contribution in [-0.4, -0.2) is 75.6 Å². The summed E-state index contributed by atoms with van der Waals surface area (Å²) in [4.78, 5) is 65.1. The van der Waals surface area contributed by atoms with Crippen molar-refractivity contribution in [3.63, 3.8) is 0 Å². The Morgan fingerprint density at radius 1 is 1.13 bits per heavy atom. The van der Waals surface area contributed by atoms with Gasteiger partial charge in [-0.3, -0.25) is 28.9 Å². The number of aromatic hydroxyl groups is 1. The molecule has 0 unspecified atom stereocenters. The number of amides is 1. The second kappa shape index (κ2) is 9.47. The highest BCUT2D eigenvalue weighted by Crippen LogP contribution is 2.47. The molecule has 2 aliphatic rings. The molecule has 12 heteroatoms. The lowest BCUT2D eigenvalue weighted by atomic mass is 9.66. The number of phenolic OH excluding ortho intramolecular Hbond substituents is 1. The summed E-state index contributed by atoms with van der Waals surface area (Å²) < 4.78 is 0. The van der Waals surface area contributed by atoms with Crippen molar-refractivity contribution >= 4 is 23.2 Å². The first-order valence-corrected chi connectivity index (χ1v) is 12.2. The van der Waals surface area contributed by atoms with Crippen LogP contribution in [0.5, 0.6) is 5.75 Å². The molecule has 12 nitrogen and oxygen atoms in total. The number of hydrogen-bond donors (Lipinski definition) is 6. The number of primary amides is 1. The maximum atomic E-state index is 13.7. The minimum atomic E-state index is -2.74. The van der Waals surface area contributed by atoms with E-state index in [1.807, 2.05) is 0 Å². The normalized spacial score (nSPS) is 22.3. The molecular weight excluding hydrogens is 510 g/mol. The van der Waals surface area contributed by atoms with Gasteiger partial charge in [0.15, 0.2) is 11.4 Å². The molecule has 0 fully saturated rings. The number of likely N-dealkylation sites (N-methyl/N-ethyl adjacent to an activating group) is 1. The Labute approximate surface area is 222 Å². The largest absolute Gasteiger partial charge is 0.510 e. The highest BCUT2D eigenvalue weighted by atomic mass is 16.3. The Kier molecular flexibility index (Phi) is 6.74. The predicted molar refractivity (Wildman–Crippen MR) is 140 cm³/mol. The van der Waals surface area contributed by atoms with E-state index >= 15 is 0 Å². The predicted octanol–water partition coefficient (Wildman–Crippen LogP) is 0.206. The number of carbonyl (C=O) groups excluding carboxylic acids is 3. The van der Waals surface area contributed by atoms with Crippen LogP contribution in [0.1, 0.15) is 35.7 Å². The third-order valence-electron chi connectivity index (χ3n) is 7.83. The molecule has 3 atom stereocenters. The quantitative estimate of drug-likeness (QED) is 0.0921. The number of anilines is 1. The van der Waals surface area contributed by atoms with Crippen molar-refractivity contribution in [2.24, 2.45) is 11.7 Å². The fourth-order valence-corrected chi connectivity index (χ4v) is 5.40. The van der Waals surface area contributed by atoms with Crippen LogP contribution in [0.3, 0.4) is 0 Å². The topological polar surface area (TPSA) is 208 Å². The van der Waals surface area contributed by atoms with Gasteiger partial charge in [0, 0.05) is 12.6 Å². The molecule has 0 aliphatic heterocycles. The summed E-state index contributed by atoms with van der Waals surface area (Å²) in [5, 5.41) is 46.4. The molecule has 206 valence electrons. The Morgan fingerprint density at radius 3 is 2.33 bits per heavy atom. The number of nitrogens with zero attached hydrogens (tertiary/aromatic N) is 1. The van der Waals surface area contributed by atoms with Gasteiger partial charge in [-0.2, -0.15) is 0 Å². The van der Waals surface area contributed by atoms with Gasteiger partial charge < -0.3 is 31.5 Å². The summed E-state index contributed by atoms with van der Waals surface area (Å²) in [7, 11) is 4.62. The second-order valence-electron chi connectivity index (χ2n) is 10.1. The molecule has 39 heavy (non-hydrogen) atoms. The van der Waals surface area contributed by atoms with Gasteiger partial charge in [0.25, 0.3) is 5.91 Å². The van der Waals surface area contributed by atoms with E-state index in [1.54, 1.807) is 14.1 Å². The Morgan fingerprint density at radius 2 is 1.77 bits per heavy atom. The summed E-state index contributed by atoms with van der Waals surface area (Å²) in [6.07, 6.45) is -0.383. The SMILES string of the molecule is CNc1c(-c2ccc(O)c3c2C[C@H]2CC[C@@](O)(C(=O)/C(C(N)=O)=C(/O)[C@H](C)N(C)C)C(O)=C2C3=O)c(=O)c1=O. The zero-order chi connectivity index (χ0) is 29.1. The molecule has 2 aromatic carbocycles. The average molecular weight is 540 g/mol. The Hall–Kier alpha value is -4.29. The third kappa shape index (κ3) is 3.94. The summed E-state index contributed by atoms with van der Waals surface area (Å²) in [5.41, 5.74) is 0.415. The van der Waals surface area contributed by atoms with Crippen molar-refractivity contribution in [1.29, 1.82) is 0 Å². The van der Waals surface area contributed by atoms with Gasteiger partial charge in [-0.15, -0.1) is 0 Å². The molecule has 2 aromatic rings. The number of aliphatic hydroxyl groups is 3. The molecule has 4 rings (SSSR count).